The molecule has 0 aromatic heterocycles. The van der Waals surface area contributed by atoms with Crippen molar-refractivity contribution >= 4 is 14.0 Å². The summed E-state index contributed by atoms with van der Waals surface area (Å²) in [6, 6.07) is 1.15. The number of hydrogen-bond donors (Lipinski definition) is 0. The first-order valence-corrected chi connectivity index (χ1v) is 13.3. The number of esters is 1. The third-order valence-corrected chi connectivity index (χ3v) is 6.53. The molecule has 1 rings (SSSR count). The maximum atomic E-state index is 12.2. The van der Waals surface area contributed by atoms with Gasteiger partial charge in [-0.25, -0.2) is 0 Å². The molecule has 0 aromatic rings. The van der Waals surface area contributed by atoms with Gasteiger partial charge in [0.05, 0.1) is 5.41 Å². The second kappa shape index (κ2) is 7.76. The van der Waals surface area contributed by atoms with E-state index in [-0.39, 0.29) is 5.97 Å². The molecule has 0 bridgehead atoms. The van der Waals surface area contributed by atoms with E-state index in [2.05, 4.69) is 40.4 Å². The van der Waals surface area contributed by atoms with Gasteiger partial charge in [0.1, 0.15) is 6.61 Å². The van der Waals surface area contributed by atoms with Crippen LogP contribution in [0.4, 0.5) is 0 Å². The quantitative estimate of drug-likeness (QED) is 0.330. The summed E-state index contributed by atoms with van der Waals surface area (Å²) in [5.41, 5.74) is 3.00. The molecular formula is C21H40O2Si. The molecule has 0 saturated heterocycles. The molecule has 1 aliphatic rings. The SMILES string of the molecule is CC(C)(C)C(=O)OCC(C[Si](C)(C)C)=C1CCC(C(C)(C)C)CC1. The first kappa shape index (κ1) is 21.5. The van der Waals surface area contributed by atoms with Gasteiger partial charge in [0.15, 0.2) is 0 Å². The lowest BCUT2D eigenvalue weighted by Gasteiger charge is -2.36. The van der Waals surface area contributed by atoms with Crippen molar-refractivity contribution in [2.75, 3.05) is 6.61 Å². The Kier molecular flexibility index (Phi) is 6.94. The van der Waals surface area contributed by atoms with Crippen LogP contribution < -0.4 is 0 Å². The number of allylic oxidation sites excluding steroid dienone is 1. The van der Waals surface area contributed by atoms with Gasteiger partial charge < -0.3 is 4.74 Å². The third-order valence-electron chi connectivity index (χ3n) is 5.05. The summed E-state index contributed by atoms with van der Waals surface area (Å²) in [5, 5.41) is 0. The first-order chi connectivity index (χ1) is 10.7. The predicted octanol–water partition coefficient (Wildman–Crippen LogP) is 6.45. The van der Waals surface area contributed by atoms with Crippen molar-refractivity contribution in [2.24, 2.45) is 16.7 Å². The van der Waals surface area contributed by atoms with Gasteiger partial charge in [-0.15, -0.1) is 0 Å². The molecule has 2 nitrogen and oxygen atoms in total. The molecule has 0 aliphatic heterocycles. The van der Waals surface area contributed by atoms with Crippen LogP contribution in [-0.4, -0.2) is 20.7 Å². The smallest absolute Gasteiger partial charge is 0.311 e. The highest BCUT2D eigenvalue weighted by molar-refractivity contribution is 6.76. The molecule has 0 N–H and O–H groups in total. The van der Waals surface area contributed by atoms with E-state index in [0.29, 0.717) is 12.0 Å². The van der Waals surface area contributed by atoms with Gasteiger partial charge in [0.25, 0.3) is 0 Å². The van der Waals surface area contributed by atoms with E-state index in [9.17, 15) is 4.79 Å². The van der Waals surface area contributed by atoms with Gasteiger partial charge in [0.2, 0.25) is 0 Å². The van der Waals surface area contributed by atoms with E-state index in [4.69, 9.17) is 4.74 Å². The predicted molar refractivity (Wildman–Crippen MR) is 107 cm³/mol. The molecule has 0 atom stereocenters. The fraction of sp³-hybridized carbons (Fsp3) is 0.857. The molecular weight excluding hydrogens is 312 g/mol. The Morgan fingerprint density at radius 2 is 1.54 bits per heavy atom. The minimum Gasteiger partial charge on any atom is -0.461 e. The second-order valence-corrected chi connectivity index (χ2v) is 16.4. The summed E-state index contributed by atoms with van der Waals surface area (Å²) in [4.78, 5) is 12.2. The van der Waals surface area contributed by atoms with E-state index < -0.39 is 13.5 Å². The Bertz CT molecular complexity index is 460. The Hall–Kier alpha value is -0.573. The van der Waals surface area contributed by atoms with Crippen molar-refractivity contribution in [1.82, 2.24) is 0 Å². The van der Waals surface area contributed by atoms with E-state index in [1.54, 1.807) is 5.57 Å². The molecule has 0 heterocycles. The topological polar surface area (TPSA) is 26.3 Å². The van der Waals surface area contributed by atoms with E-state index >= 15 is 0 Å². The largest absolute Gasteiger partial charge is 0.461 e. The summed E-state index contributed by atoms with van der Waals surface area (Å²) in [7, 11) is -1.22. The molecule has 3 heteroatoms. The van der Waals surface area contributed by atoms with Crippen molar-refractivity contribution < 1.29 is 9.53 Å². The Morgan fingerprint density at radius 3 is 1.92 bits per heavy atom. The van der Waals surface area contributed by atoms with Gasteiger partial charge in [-0.3, -0.25) is 4.79 Å². The van der Waals surface area contributed by atoms with Gasteiger partial charge in [-0.05, 0) is 69.4 Å². The highest BCUT2D eigenvalue weighted by Gasteiger charge is 2.30. The van der Waals surface area contributed by atoms with E-state index in [1.165, 1.54) is 31.3 Å². The lowest BCUT2D eigenvalue weighted by atomic mass is 9.71. The second-order valence-electron chi connectivity index (χ2n) is 10.9. The van der Waals surface area contributed by atoms with Crippen LogP contribution in [-0.2, 0) is 9.53 Å². The molecule has 0 amide bonds. The van der Waals surface area contributed by atoms with Crippen LogP contribution in [0.1, 0.15) is 67.2 Å². The first-order valence-electron chi connectivity index (χ1n) is 9.57. The van der Waals surface area contributed by atoms with Gasteiger partial charge in [0, 0.05) is 8.07 Å². The number of hydrogen-bond acceptors (Lipinski definition) is 2. The molecule has 0 radical (unpaired) electrons. The lowest BCUT2D eigenvalue weighted by Crippen LogP contribution is -2.28. The highest BCUT2D eigenvalue weighted by Crippen LogP contribution is 2.41. The van der Waals surface area contributed by atoms with Crippen molar-refractivity contribution in [1.29, 1.82) is 0 Å². The van der Waals surface area contributed by atoms with Crippen LogP contribution in [0.15, 0.2) is 11.1 Å². The van der Waals surface area contributed by atoms with E-state index in [1.807, 2.05) is 20.8 Å². The zero-order valence-electron chi connectivity index (χ0n) is 17.6. The van der Waals surface area contributed by atoms with Gasteiger partial charge in [-0.1, -0.05) is 46.0 Å². The average Bonchev–Trinajstić information content (AvgIpc) is 2.40. The molecule has 0 unspecified atom stereocenters. The number of carbonyl (C=O) groups excluding carboxylic acids is 1. The normalized spacial score (nSPS) is 20.0. The summed E-state index contributed by atoms with van der Waals surface area (Å²) < 4.78 is 5.69. The van der Waals surface area contributed by atoms with Crippen LogP contribution in [0, 0.1) is 16.7 Å². The highest BCUT2D eigenvalue weighted by atomic mass is 28.3. The molecule has 0 aromatic carbocycles. The maximum absolute atomic E-state index is 12.2. The van der Waals surface area contributed by atoms with E-state index in [0.717, 1.165) is 12.0 Å². The van der Waals surface area contributed by atoms with Crippen LogP contribution in [0.5, 0.6) is 0 Å². The van der Waals surface area contributed by atoms with Crippen LogP contribution in [0.2, 0.25) is 25.7 Å². The van der Waals surface area contributed by atoms with Crippen LogP contribution >= 0.6 is 0 Å². The Morgan fingerprint density at radius 1 is 1.04 bits per heavy atom. The van der Waals surface area contributed by atoms with Crippen molar-refractivity contribution in [2.45, 2.75) is 92.9 Å². The fourth-order valence-corrected chi connectivity index (χ4v) is 5.11. The maximum Gasteiger partial charge on any atom is 0.311 e. The Balaban J connectivity index is 2.85. The molecule has 24 heavy (non-hydrogen) atoms. The standard InChI is InChI=1S/C21H40O2Si/c1-20(2,3)18-12-10-16(11-13-18)17(15-24(7,8)9)14-23-19(22)21(4,5)6/h18H,10-15H2,1-9H3. The molecule has 1 saturated carbocycles. The summed E-state index contributed by atoms with van der Waals surface area (Å²) in [6.07, 6.45) is 4.94. The number of carbonyl (C=O) groups is 1. The van der Waals surface area contributed by atoms with Gasteiger partial charge >= 0.3 is 5.97 Å². The average molecular weight is 353 g/mol. The molecule has 1 fully saturated rings. The number of ether oxygens (including phenoxy) is 1. The van der Waals surface area contributed by atoms with Gasteiger partial charge in [-0.2, -0.15) is 0 Å². The Labute approximate surface area is 151 Å². The minimum absolute atomic E-state index is 0.0837. The molecule has 140 valence electrons. The lowest BCUT2D eigenvalue weighted by molar-refractivity contribution is -0.151. The summed E-state index contributed by atoms with van der Waals surface area (Å²) in [6.45, 7) is 20.6. The van der Waals surface area contributed by atoms with Crippen LogP contribution in [0.3, 0.4) is 0 Å². The third kappa shape index (κ3) is 7.12. The summed E-state index contributed by atoms with van der Waals surface area (Å²) >= 11 is 0. The number of rotatable bonds is 4. The fourth-order valence-electron chi connectivity index (χ4n) is 3.47. The van der Waals surface area contributed by atoms with Crippen molar-refractivity contribution in [3.63, 3.8) is 0 Å². The molecule has 0 spiro atoms. The zero-order chi connectivity index (χ0) is 18.8. The van der Waals surface area contributed by atoms with Crippen molar-refractivity contribution in [3.8, 4) is 0 Å². The summed E-state index contributed by atoms with van der Waals surface area (Å²) in [5.74, 6) is 0.728. The molecule has 1 aliphatic carbocycles. The monoisotopic (exact) mass is 352 g/mol. The zero-order valence-corrected chi connectivity index (χ0v) is 18.6. The minimum atomic E-state index is -1.22. The van der Waals surface area contributed by atoms with Crippen molar-refractivity contribution in [3.05, 3.63) is 11.1 Å². The van der Waals surface area contributed by atoms with Crippen LogP contribution in [0.25, 0.3) is 0 Å².